The fraction of sp³-hybridized carbons (Fsp3) is 0.625. The highest BCUT2D eigenvalue weighted by Gasteiger charge is 2.40. The van der Waals surface area contributed by atoms with Crippen molar-refractivity contribution in [3.05, 3.63) is 23.8 Å². The minimum absolute atomic E-state index is 0.955. The van der Waals surface area contributed by atoms with Crippen LogP contribution in [0.3, 0.4) is 0 Å². The molecule has 2 N–H and O–H groups in total. The third-order valence-electron chi connectivity index (χ3n) is 5.50. The average molecular weight is 242 g/mol. The fourth-order valence-corrected chi connectivity index (χ4v) is 4.60. The molecule has 18 heavy (non-hydrogen) atoms. The predicted octanol–water partition coefficient (Wildman–Crippen LogP) is 3.07. The number of hydrogen-bond donors (Lipinski definition) is 1. The second-order valence-corrected chi connectivity index (χ2v) is 6.48. The maximum absolute atomic E-state index is 6.08. The molecule has 2 nitrogen and oxygen atoms in total. The topological polar surface area (TPSA) is 29.3 Å². The molecule has 3 aliphatic rings. The number of rotatable bonds is 2. The first-order valence-electron chi connectivity index (χ1n) is 7.43. The molecule has 2 fully saturated rings. The Morgan fingerprint density at radius 3 is 2.94 bits per heavy atom. The summed E-state index contributed by atoms with van der Waals surface area (Å²) >= 11 is 0. The zero-order valence-corrected chi connectivity index (χ0v) is 10.9. The molecule has 0 spiro atoms. The number of nitrogen functional groups attached to an aromatic ring is 1. The molecule has 2 bridgehead atoms. The summed E-state index contributed by atoms with van der Waals surface area (Å²) in [7, 11) is 0. The standard InChI is InChI=1S/C16H22N2/c17-15-2-1-3-16-14(15)6-7-18(16)10-13-9-11-4-5-12(13)8-11/h1-3,11-13H,4-10,17H2. The summed E-state index contributed by atoms with van der Waals surface area (Å²) in [6.07, 6.45) is 7.14. The molecule has 0 radical (unpaired) electrons. The van der Waals surface area contributed by atoms with Crippen molar-refractivity contribution < 1.29 is 0 Å². The number of benzene rings is 1. The fourth-order valence-electron chi connectivity index (χ4n) is 4.60. The van der Waals surface area contributed by atoms with Crippen LogP contribution in [0.25, 0.3) is 0 Å². The van der Waals surface area contributed by atoms with Gasteiger partial charge in [0.25, 0.3) is 0 Å². The minimum atomic E-state index is 0.955. The van der Waals surface area contributed by atoms with Gasteiger partial charge in [0.15, 0.2) is 0 Å². The van der Waals surface area contributed by atoms with E-state index in [9.17, 15) is 0 Å². The smallest absolute Gasteiger partial charge is 0.0420 e. The van der Waals surface area contributed by atoms with Gasteiger partial charge in [-0.05, 0) is 55.6 Å². The van der Waals surface area contributed by atoms with Crippen LogP contribution in [0.1, 0.15) is 31.2 Å². The Hall–Kier alpha value is -1.18. The van der Waals surface area contributed by atoms with Crippen LogP contribution in [0, 0.1) is 17.8 Å². The molecule has 0 amide bonds. The van der Waals surface area contributed by atoms with Crippen LogP contribution in [0.2, 0.25) is 0 Å². The predicted molar refractivity (Wildman–Crippen MR) is 75.7 cm³/mol. The Morgan fingerprint density at radius 1 is 1.22 bits per heavy atom. The third kappa shape index (κ3) is 1.54. The Kier molecular flexibility index (Phi) is 2.33. The molecular weight excluding hydrogens is 220 g/mol. The Morgan fingerprint density at radius 2 is 2.17 bits per heavy atom. The van der Waals surface area contributed by atoms with E-state index in [2.05, 4.69) is 17.0 Å². The van der Waals surface area contributed by atoms with Crippen LogP contribution in [0.5, 0.6) is 0 Å². The largest absolute Gasteiger partial charge is 0.398 e. The highest BCUT2D eigenvalue weighted by atomic mass is 15.2. The van der Waals surface area contributed by atoms with E-state index in [0.29, 0.717) is 0 Å². The van der Waals surface area contributed by atoms with Crippen LogP contribution in [0.15, 0.2) is 18.2 Å². The maximum Gasteiger partial charge on any atom is 0.0420 e. The van der Waals surface area contributed by atoms with E-state index in [1.807, 2.05) is 6.07 Å². The van der Waals surface area contributed by atoms with Crippen molar-refractivity contribution in [3.8, 4) is 0 Å². The monoisotopic (exact) mass is 242 g/mol. The lowest BCUT2D eigenvalue weighted by Gasteiger charge is -2.28. The first-order valence-corrected chi connectivity index (χ1v) is 7.43. The van der Waals surface area contributed by atoms with E-state index in [1.165, 1.54) is 50.0 Å². The maximum atomic E-state index is 6.08. The van der Waals surface area contributed by atoms with Gasteiger partial charge in [0.05, 0.1) is 0 Å². The van der Waals surface area contributed by atoms with Crippen molar-refractivity contribution in [1.29, 1.82) is 0 Å². The van der Waals surface area contributed by atoms with Crippen LogP contribution in [-0.4, -0.2) is 13.1 Å². The lowest BCUT2D eigenvalue weighted by Crippen LogP contribution is -2.30. The molecule has 96 valence electrons. The Bertz CT molecular complexity index is 468. The molecule has 0 aromatic heterocycles. The van der Waals surface area contributed by atoms with Crippen molar-refractivity contribution in [2.24, 2.45) is 17.8 Å². The van der Waals surface area contributed by atoms with E-state index >= 15 is 0 Å². The van der Waals surface area contributed by atoms with Gasteiger partial charge in [-0.1, -0.05) is 12.5 Å². The normalized spacial score (nSPS) is 33.1. The summed E-state index contributed by atoms with van der Waals surface area (Å²) < 4.78 is 0. The van der Waals surface area contributed by atoms with Crippen LogP contribution >= 0.6 is 0 Å². The van der Waals surface area contributed by atoms with Crippen LogP contribution in [-0.2, 0) is 6.42 Å². The van der Waals surface area contributed by atoms with E-state index in [4.69, 9.17) is 5.73 Å². The average Bonchev–Trinajstić information content (AvgIpc) is 3.05. The number of nitrogens with zero attached hydrogens (tertiary/aromatic N) is 1. The molecule has 1 heterocycles. The van der Waals surface area contributed by atoms with E-state index in [-0.39, 0.29) is 0 Å². The number of anilines is 2. The van der Waals surface area contributed by atoms with Crippen LogP contribution in [0.4, 0.5) is 11.4 Å². The van der Waals surface area contributed by atoms with Gasteiger partial charge in [0.2, 0.25) is 0 Å². The van der Waals surface area contributed by atoms with Gasteiger partial charge in [-0.25, -0.2) is 0 Å². The van der Waals surface area contributed by atoms with E-state index < -0.39 is 0 Å². The number of nitrogens with two attached hydrogens (primary N) is 1. The molecular formula is C16H22N2. The second-order valence-electron chi connectivity index (χ2n) is 6.48. The van der Waals surface area contributed by atoms with Gasteiger partial charge < -0.3 is 10.6 Å². The third-order valence-corrected chi connectivity index (χ3v) is 5.50. The minimum Gasteiger partial charge on any atom is -0.398 e. The summed E-state index contributed by atoms with van der Waals surface area (Å²) in [6.45, 7) is 2.45. The lowest BCUT2D eigenvalue weighted by molar-refractivity contribution is 0.335. The Balaban J connectivity index is 1.53. The molecule has 1 aromatic carbocycles. The molecule has 2 saturated carbocycles. The van der Waals surface area contributed by atoms with Crippen molar-refractivity contribution in [2.45, 2.75) is 32.1 Å². The zero-order valence-electron chi connectivity index (χ0n) is 10.9. The summed E-state index contributed by atoms with van der Waals surface area (Å²) in [5.41, 5.74) is 9.87. The molecule has 4 rings (SSSR count). The highest BCUT2D eigenvalue weighted by Crippen LogP contribution is 2.49. The molecule has 1 aliphatic heterocycles. The molecule has 2 aliphatic carbocycles. The van der Waals surface area contributed by atoms with Crippen molar-refractivity contribution in [2.75, 3.05) is 23.7 Å². The quantitative estimate of drug-likeness (QED) is 0.808. The van der Waals surface area contributed by atoms with Gasteiger partial charge in [0.1, 0.15) is 0 Å². The van der Waals surface area contributed by atoms with Crippen molar-refractivity contribution >= 4 is 11.4 Å². The van der Waals surface area contributed by atoms with Gasteiger partial charge in [0, 0.05) is 30.0 Å². The summed E-state index contributed by atoms with van der Waals surface area (Å²) in [5, 5.41) is 0. The zero-order chi connectivity index (χ0) is 12.1. The SMILES string of the molecule is Nc1cccc2c1CCN2CC1CC2CCC1C2. The first kappa shape index (κ1) is 10.7. The van der Waals surface area contributed by atoms with Gasteiger partial charge in [-0.2, -0.15) is 0 Å². The lowest BCUT2D eigenvalue weighted by atomic mass is 9.88. The summed E-state index contributed by atoms with van der Waals surface area (Å²) in [4.78, 5) is 2.59. The molecule has 2 heteroatoms. The highest BCUT2D eigenvalue weighted by molar-refractivity contribution is 5.68. The first-order chi connectivity index (χ1) is 8.81. The van der Waals surface area contributed by atoms with Gasteiger partial charge in [-0.15, -0.1) is 0 Å². The van der Waals surface area contributed by atoms with E-state index in [0.717, 1.165) is 29.9 Å². The summed E-state index contributed by atoms with van der Waals surface area (Å²) in [5.74, 6) is 3.04. The number of hydrogen-bond acceptors (Lipinski definition) is 2. The van der Waals surface area contributed by atoms with Gasteiger partial charge in [-0.3, -0.25) is 0 Å². The Labute approximate surface area is 109 Å². The summed E-state index contributed by atoms with van der Waals surface area (Å²) in [6, 6.07) is 6.40. The van der Waals surface area contributed by atoms with Crippen molar-refractivity contribution in [1.82, 2.24) is 0 Å². The van der Waals surface area contributed by atoms with E-state index in [1.54, 1.807) is 0 Å². The van der Waals surface area contributed by atoms with Crippen LogP contribution < -0.4 is 10.6 Å². The molecule has 3 atom stereocenters. The molecule has 1 aromatic rings. The number of fused-ring (bicyclic) bond motifs is 3. The molecule has 3 unspecified atom stereocenters. The van der Waals surface area contributed by atoms with Crippen molar-refractivity contribution in [3.63, 3.8) is 0 Å². The second kappa shape index (κ2) is 3.91. The molecule has 0 saturated heterocycles. The van der Waals surface area contributed by atoms with Gasteiger partial charge >= 0.3 is 0 Å².